The van der Waals surface area contributed by atoms with Crippen LogP contribution in [0.4, 0.5) is 5.69 Å². The number of rotatable bonds is 5. The zero-order valence-electron chi connectivity index (χ0n) is 11.7. The van der Waals surface area contributed by atoms with E-state index in [-0.39, 0.29) is 12.3 Å². The van der Waals surface area contributed by atoms with Crippen LogP contribution >= 0.6 is 0 Å². The Bertz CT molecular complexity index is 554. The van der Waals surface area contributed by atoms with Crippen LogP contribution in [0.2, 0.25) is 0 Å². The average Bonchev–Trinajstić information content (AvgIpc) is 2.82. The summed E-state index contributed by atoms with van der Waals surface area (Å²) in [4.78, 5) is 15.6. The van der Waals surface area contributed by atoms with Crippen molar-refractivity contribution in [3.63, 3.8) is 0 Å². The Labute approximate surface area is 118 Å². The lowest BCUT2D eigenvalue weighted by molar-refractivity contribution is -0.117. The normalized spacial score (nSPS) is 11.3. The van der Waals surface area contributed by atoms with Gasteiger partial charge in [0.25, 0.3) is 0 Å². The molecule has 0 atom stereocenters. The van der Waals surface area contributed by atoms with Crippen molar-refractivity contribution in [1.29, 1.82) is 0 Å². The number of anilines is 1. The van der Waals surface area contributed by atoms with Gasteiger partial charge < -0.3 is 11.1 Å². The van der Waals surface area contributed by atoms with Crippen LogP contribution < -0.4 is 11.1 Å². The smallest absolute Gasteiger partial charge is 0.226 e. The summed E-state index contributed by atoms with van der Waals surface area (Å²) in [5, 5.41) is 6.88. The molecule has 2 rings (SSSR count). The first-order valence-electron chi connectivity index (χ1n) is 6.42. The van der Waals surface area contributed by atoms with E-state index < -0.39 is 5.54 Å². The van der Waals surface area contributed by atoms with E-state index in [0.29, 0.717) is 6.54 Å². The van der Waals surface area contributed by atoms with Gasteiger partial charge in [0, 0.05) is 17.6 Å². The van der Waals surface area contributed by atoms with Crippen molar-refractivity contribution in [2.75, 3.05) is 5.32 Å². The molecule has 1 aromatic carbocycles. The monoisotopic (exact) mass is 273 g/mol. The molecular weight excluding hydrogens is 254 g/mol. The van der Waals surface area contributed by atoms with Crippen molar-refractivity contribution < 1.29 is 4.79 Å². The lowest BCUT2D eigenvalue weighted by Crippen LogP contribution is -2.36. The summed E-state index contributed by atoms with van der Waals surface area (Å²) < 4.78 is 1.74. The van der Waals surface area contributed by atoms with Crippen LogP contribution in [0.15, 0.2) is 36.9 Å². The summed E-state index contributed by atoms with van der Waals surface area (Å²) in [6.07, 6.45) is 3.45. The number of amides is 1. The Hall–Kier alpha value is -2.21. The number of benzene rings is 1. The molecule has 0 saturated heterocycles. The molecule has 106 valence electrons. The van der Waals surface area contributed by atoms with Crippen LogP contribution in [-0.2, 0) is 11.3 Å². The minimum Gasteiger partial charge on any atom is -0.326 e. The SMILES string of the molecule is CC(C)(N)CC(=O)Nc1ccc(Cn2cncn2)cc1. The van der Waals surface area contributed by atoms with Crippen molar-refractivity contribution in [3.05, 3.63) is 42.5 Å². The Morgan fingerprint density at radius 1 is 1.35 bits per heavy atom. The number of hydrogen-bond donors (Lipinski definition) is 2. The van der Waals surface area contributed by atoms with Gasteiger partial charge in [0.1, 0.15) is 12.7 Å². The topological polar surface area (TPSA) is 85.8 Å². The van der Waals surface area contributed by atoms with E-state index in [1.807, 2.05) is 38.1 Å². The average molecular weight is 273 g/mol. The van der Waals surface area contributed by atoms with Crippen molar-refractivity contribution in [1.82, 2.24) is 14.8 Å². The van der Waals surface area contributed by atoms with E-state index in [0.717, 1.165) is 11.3 Å². The Balaban J connectivity index is 1.93. The Morgan fingerprint density at radius 3 is 2.60 bits per heavy atom. The van der Waals surface area contributed by atoms with Crippen molar-refractivity contribution in [2.45, 2.75) is 32.4 Å². The highest BCUT2D eigenvalue weighted by Crippen LogP contribution is 2.12. The summed E-state index contributed by atoms with van der Waals surface area (Å²) in [6, 6.07) is 7.64. The summed E-state index contributed by atoms with van der Waals surface area (Å²) in [6.45, 7) is 4.31. The number of hydrogen-bond acceptors (Lipinski definition) is 4. The maximum Gasteiger partial charge on any atom is 0.226 e. The molecule has 0 radical (unpaired) electrons. The molecule has 0 aliphatic rings. The van der Waals surface area contributed by atoms with Gasteiger partial charge in [-0.2, -0.15) is 5.10 Å². The molecule has 20 heavy (non-hydrogen) atoms. The van der Waals surface area contributed by atoms with E-state index in [1.165, 1.54) is 6.33 Å². The maximum atomic E-state index is 11.8. The molecule has 1 amide bonds. The van der Waals surface area contributed by atoms with Crippen molar-refractivity contribution in [3.8, 4) is 0 Å². The van der Waals surface area contributed by atoms with Gasteiger partial charge >= 0.3 is 0 Å². The first-order chi connectivity index (χ1) is 9.42. The van der Waals surface area contributed by atoms with E-state index in [9.17, 15) is 4.79 Å². The van der Waals surface area contributed by atoms with Gasteiger partial charge in [0.15, 0.2) is 0 Å². The van der Waals surface area contributed by atoms with E-state index in [2.05, 4.69) is 15.4 Å². The number of nitrogens with zero attached hydrogens (tertiary/aromatic N) is 3. The van der Waals surface area contributed by atoms with Gasteiger partial charge in [0.2, 0.25) is 5.91 Å². The van der Waals surface area contributed by atoms with Gasteiger partial charge in [-0.05, 0) is 31.5 Å². The summed E-state index contributed by atoms with van der Waals surface area (Å²) in [5.41, 5.74) is 7.17. The number of carbonyl (C=O) groups excluding carboxylic acids is 1. The summed E-state index contributed by atoms with van der Waals surface area (Å²) in [7, 11) is 0. The van der Waals surface area contributed by atoms with E-state index in [1.54, 1.807) is 11.0 Å². The second-order valence-electron chi connectivity index (χ2n) is 5.50. The summed E-state index contributed by atoms with van der Waals surface area (Å²) in [5.74, 6) is -0.0819. The molecule has 0 saturated carbocycles. The van der Waals surface area contributed by atoms with Gasteiger partial charge in [0.05, 0.1) is 6.54 Å². The molecule has 0 aliphatic carbocycles. The molecule has 0 aliphatic heterocycles. The number of nitrogens with one attached hydrogen (secondary N) is 1. The minimum atomic E-state index is -0.503. The molecule has 1 aromatic heterocycles. The van der Waals surface area contributed by atoms with Gasteiger partial charge in [-0.15, -0.1) is 0 Å². The van der Waals surface area contributed by atoms with Crippen LogP contribution in [0.25, 0.3) is 0 Å². The fourth-order valence-corrected chi connectivity index (χ4v) is 1.81. The number of aromatic nitrogens is 3. The predicted molar refractivity (Wildman–Crippen MR) is 77.1 cm³/mol. The highest BCUT2D eigenvalue weighted by molar-refractivity contribution is 5.91. The van der Waals surface area contributed by atoms with Crippen LogP contribution in [0.5, 0.6) is 0 Å². The standard InChI is InChI=1S/C14H19N5O/c1-14(2,15)7-13(20)18-12-5-3-11(4-6-12)8-19-10-16-9-17-19/h3-6,9-10H,7-8,15H2,1-2H3,(H,18,20). The van der Waals surface area contributed by atoms with Gasteiger partial charge in [-0.1, -0.05) is 12.1 Å². The second-order valence-corrected chi connectivity index (χ2v) is 5.50. The third-order valence-electron chi connectivity index (χ3n) is 2.67. The molecule has 2 aromatic rings. The molecule has 3 N–H and O–H groups in total. The van der Waals surface area contributed by atoms with Crippen LogP contribution in [0, 0.1) is 0 Å². The molecule has 1 heterocycles. The Kier molecular flexibility index (Phi) is 4.14. The molecule has 6 heteroatoms. The molecular formula is C14H19N5O. The first kappa shape index (κ1) is 14.2. The second kappa shape index (κ2) is 5.83. The van der Waals surface area contributed by atoms with Crippen LogP contribution in [0.3, 0.4) is 0 Å². The molecule has 0 spiro atoms. The highest BCUT2D eigenvalue weighted by Gasteiger charge is 2.16. The van der Waals surface area contributed by atoms with Gasteiger partial charge in [-0.3, -0.25) is 4.79 Å². The van der Waals surface area contributed by atoms with Crippen LogP contribution in [0.1, 0.15) is 25.8 Å². The van der Waals surface area contributed by atoms with E-state index >= 15 is 0 Å². The lowest BCUT2D eigenvalue weighted by atomic mass is 10.0. The van der Waals surface area contributed by atoms with Crippen molar-refractivity contribution in [2.24, 2.45) is 5.73 Å². The largest absolute Gasteiger partial charge is 0.326 e. The first-order valence-corrected chi connectivity index (χ1v) is 6.42. The maximum absolute atomic E-state index is 11.8. The quantitative estimate of drug-likeness (QED) is 0.862. The van der Waals surface area contributed by atoms with Gasteiger partial charge in [-0.25, -0.2) is 9.67 Å². The van der Waals surface area contributed by atoms with Crippen LogP contribution in [-0.4, -0.2) is 26.2 Å². The zero-order valence-corrected chi connectivity index (χ0v) is 11.7. The summed E-state index contributed by atoms with van der Waals surface area (Å²) >= 11 is 0. The fourth-order valence-electron chi connectivity index (χ4n) is 1.81. The van der Waals surface area contributed by atoms with E-state index in [4.69, 9.17) is 5.73 Å². The molecule has 0 bridgehead atoms. The van der Waals surface area contributed by atoms with Crippen molar-refractivity contribution >= 4 is 11.6 Å². The third kappa shape index (κ3) is 4.47. The lowest BCUT2D eigenvalue weighted by Gasteiger charge is -2.17. The predicted octanol–water partition coefficient (Wildman–Crippen LogP) is 1.39. The highest BCUT2D eigenvalue weighted by atomic mass is 16.1. The Morgan fingerprint density at radius 2 is 2.05 bits per heavy atom. The number of nitrogens with two attached hydrogens (primary N) is 1. The third-order valence-corrected chi connectivity index (χ3v) is 2.67. The fraction of sp³-hybridized carbons (Fsp3) is 0.357. The minimum absolute atomic E-state index is 0.0819. The molecule has 0 unspecified atom stereocenters. The molecule has 0 fully saturated rings. The number of carbonyl (C=O) groups is 1. The zero-order chi connectivity index (χ0) is 14.6. The molecule has 6 nitrogen and oxygen atoms in total.